The number of dihydropyridines is 1. The largest absolute Gasteiger partial charge is 0.381 e. The van der Waals surface area contributed by atoms with Crippen molar-refractivity contribution in [3.63, 3.8) is 0 Å². The smallest absolute Gasteiger partial charge is 0.128 e. The van der Waals surface area contributed by atoms with Crippen LogP contribution in [-0.2, 0) is 0 Å². The zero-order valence-electron chi connectivity index (χ0n) is 20.3. The van der Waals surface area contributed by atoms with E-state index in [1.165, 1.54) is 16.7 Å². The number of benzene rings is 1. The maximum absolute atomic E-state index is 4.92. The first-order valence-electron chi connectivity index (χ1n) is 11.7. The summed E-state index contributed by atoms with van der Waals surface area (Å²) in [6.45, 7) is 21.6. The van der Waals surface area contributed by atoms with Gasteiger partial charge in [-0.2, -0.15) is 0 Å². The van der Waals surface area contributed by atoms with Crippen molar-refractivity contribution in [1.29, 1.82) is 0 Å². The molecule has 0 bridgehead atoms. The third-order valence-electron chi connectivity index (χ3n) is 6.49. The van der Waals surface area contributed by atoms with Gasteiger partial charge in [-0.25, -0.2) is 4.98 Å². The lowest BCUT2D eigenvalue weighted by Gasteiger charge is -2.28. The molecule has 0 spiro atoms. The van der Waals surface area contributed by atoms with Crippen LogP contribution in [0.25, 0.3) is 16.8 Å². The molecule has 5 heteroatoms. The molecule has 2 aliphatic rings. The number of pyridine rings is 1. The fraction of sp³-hybridized carbons (Fsp3) is 0.321. The second-order valence-electron chi connectivity index (χ2n) is 8.99. The van der Waals surface area contributed by atoms with Gasteiger partial charge in [0.25, 0.3) is 0 Å². The van der Waals surface area contributed by atoms with Crippen LogP contribution in [0, 0.1) is 13.8 Å². The van der Waals surface area contributed by atoms with Gasteiger partial charge in [-0.15, -0.1) is 0 Å². The molecule has 1 saturated heterocycles. The monoisotopic (exact) mass is 441 g/mol. The Morgan fingerprint density at radius 1 is 1.09 bits per heavy atom. The minimum absolute atomic E-state index is 0.684. The van der Waals surface area contributed by atoms with Crippen LogP contribution < -0.4 is 20.9 Å². The first-order chi connectivity index (χ1) is 15.8. The molecule has 2 aromatic rings. The minimum Gasteiger partial charge on any atom is -0.381 e. The third kappa shape index (κ3) is 5.04. The molecule has 0 unspecified atom stereocenters. The van der Waals surface area contributed by atoms with Crippen LogP contribution in [0.15, 0.2) is 72.1 Å². The molecule has 172 valence electrons. The number of rotatable bonds is 6. The molecular weight excluding hydrogens is 406 g/mol. The second-order valence-corrected chi connectivity index (χ2v) is 8.99. The van der Waals surface area contributed by atoms with Gasteiger partial charge in [0, 0.05) is 66.6 Å². The van der Waals surface area contributed by atoms with E-state index in [-0.39, 0.29) is 0 Å². The Labute approximate surface area is 198 Å². The van der Waals surface area contributed by atoms with Crippen molar-refractivity contribution in [2.24, 2.45) is 0 Å². The summed E-state index contributed by atoms with van der Waals surface area (Å²) >= 11 is 0. The van der Waals surface area contributed by atoms with Crippen LogP contribution in [-0.4, -0.2) is 37.7 Å². The van der Waals surface area contributed by atoms with Crippen LogP contribution in [0.1, 0.15) is 30.7 Å². The number of hydrogen-bond donors (Lipinski definition) is 3. The molecule has 4 rings (SSSR count). The Bertz CT molecular complexity index is 1150. The lowest BCUT2D eigenvalue weighted by atomic mass is 9.97. The first kappa shape index (κ1) is 22.9. The fourth-order valence-corrected chi connectivity index (χ4v) is 4.57. The number of allylic oxidation sites excluding steroid dienone is 3. The molecule has 3 heterocycles. The lowest BCUT2D eigenvalue weighted by molar-refractivity contribution is 0.584. The lowest BCUT2D eigenvalue weighted by Crippen LogP contribution is -2.43. The van der Waals surface area contributed by atoms with Crippen LogP contribution in [0.2, 0.25) is 0 Å². The van der Waals surface area contributed by atoms with Crippen molar-refractivity contribution in [3.8, 4) is 11.1 Å². The van der Waals surface area contributed by atoms with Crippen molar-refractivity contribution >= 4 is 11.5 Å². The normalized spacial score (nSPS) is 16.4. The molecule has 0 atom stereocenters. The van der Waals surface area contributed by atoms with E-state index in [9.17, 15) is 0 Å². The quantitative estimate of drug-likeness (QED) is 0.608. The van der Waals surface area contributed by atoms with Crippen molar-refractivity contribution in [1.82, 2.24) is 20.9 Å². The van der Waals surface area contributed by atoms with Gasteiger partial charge < -0.3 is 20.9 Å². The highest BCUT2D eigenvalue weighted by atomic mass is 15.2. The van der Waals surface area contributed by atoms with Gasteiger partial charge in [0.05, 0.1) is 0 Å². The molecular formula is C28H35N5. The Hall–Kier alpha value is -3.31. The number of hydrogen-bond acceptors (Lipinski definition) is 5. The summed E-state index contributed by atoms with van der Waals surface area (Å²) in [7, 11) is 0. The predicted molar refractivity (Wildman–Crippen MR) is 140 cm³/mol. The van der Waals surface area contributed by atoms with Crippen LogP contribution >= 0.6 is 0 Å². The van der Waals surface area contributed by atoms with Crippen molar-refractivity contribution in [3.05, 3.63) is 88.9 Å². The molecule has 0 saturated carbocycles. The highest BCUT2D eigenvalue weighted by molar-refractivity contribution is 5.74. The summed E-state index contributed by atoms with van der Waals surface area (Å²) in [4.78, 5) is 7.27. The number of piperazine rings is 1. The molecule has 0 amide bonds. The van der Waals surface area contributed by atoms with E-state index >= 15 is 0 Å². The average molecular weight is 442 g/mol. The summed E-state index contributed by atoms with van der Waals surface area (Å²) in [5, 5.41) is 10.2. The summed E-state index contributed by atoms with van der Waals surface area (Å²) in [5.74, 6) is 1.06. The number of aryl methyl sites for hydroxylation is 2. The average Bonchev–Trinajstić information content (AvgIpc) is 2.79. The highest BCUT2D eigenvalue weighted by Gasteiger charge is 2.15. The summed E-state index contributed by atoms with van der Waals surface area (Å²) in [5.41, 5.74) is 11.1. The van der Waals surface area contributed by atoms with E-state index in [0.29, 0.717) is 6.54 Å². The summed E-state index contributed by atoms with van der Waals surface area (Å²) < 4.78 is 0. The Kier molecular flexibility index (Phi) is 6.70. The molecule has 1 fully saturated rings. The van der Waals surface area contributed by atoms with Gasteiger partial charge in [-0.1, -0.05) is 25.3 Å². The van der Waals surface area contributed by atoms with Gasteiger partial charge in [0.2, 0.25) is 0 Å². The summed E-state index contributed by atoms with van der Waals surface area (Å²) in [6, 6.07) is 10.9. The van der Waals surface area contributed by atoms with Crippen LogP contribution in [0.3, 0.4) is 0 Å². The van der Waals surface area contributed by atoms with Gasteiger partial charge in [0.15, 0.2) is 0 Å². The minimum atomic E-state index is 0.684. The highest BCUT2D eigenvalue weighted by Crippen LogP contribution is 2.29. The van der Waals surface area contributed by atoms with E-state index in [0.717, 1.165) is 71.5 Å². The predicted octanol–water partition coefficient (Wildman–Crippen LogP) is 4.67. The maximum atomic E-state index is 4.92. The Balaban J connectivity index is 1.53. The van der Waals surface area contributed by atoms with Gasteiger partial charge in [-0.05, 0) is 74.2 Å². The standard InChI is InChI=1S/C28H35N5/c1-18-7-8-24(25-9-10-28(32-22(25)5)33-13-11-29-12-14-33)16-26(18)21(4)30-17-27-19(2)15-20(3)31-23(27)6/h7-10,15-16,29-31H,4,6,11-14,17H2,1-3,5H3. The number of anilines is 1. The van der Waals surface area contributed by atoms with E-state index in [4.69, 9.17) is 4.98 Å². The second kappa shape index (κ2) is 9.67. The van der Waals surface area contributed by atoms with Gasteiger partial charge >= 0.3 is 0 Å². The molecule has 0 aliphatic carbocycles. The molecule has 5 nitrogen and oxygen atoms in total. The van der Waals surface area contributed by atoms with Gasteiger partial charge in [0.1, 0.15) is 5.82 Å². The fourth-order valence-electron chi connectivity index (χ4n) is 4.57. The molecule has 1 aromatic heterocycles. The SMILES string of the molecule is C=C1NC(C)=CC(C)=C1CNC(=C)c1cc(-c2ccc(N3CCNCC3)nc2C)ccc1C. The van der Waals surface area contributed by atoms with Crippen molar-refractivity contribution in [2.45, 2.75) is 27.7 Å². The van der Waals surface area contributed by atoms with E-state index in [1.807, 2.05) is 0 Å². The third-order valence-corrected chi connectivity index (χ3v) is 6.49. The van der Waals surface area contributed by atoms with E-state index in [1.54, 1.807) is 0 Å². The first-order valence-corrected chi connectivity index (χ1v) is 11.7. The van der Waals surface area contributed by atoms with Crippen molar-refractivity contribution < 1.29 is 0 Å². The molecule has 2 aliphatic heterocycles. The summed E-state index contributed by atoms with van der Waals surface area (Å²) in [6.07, 6.45) is 2.15. The molecule has 3 N–H and O–H groups in total. The van der Waals surface area contributed by atoms with Gasteiger partial charge in [-0.3, -0.25) is 0 Å². The molecule has 0 radical (unpaired) electrons. The van der Waals surface area contributed by atoms with Crippen LogP contribution in [0.4, 0.5) is 5.82 Å². The number of aromatic nitrogens is 1. The zero-order chi connectivity index (χ0) is 23.5. The topological polar surface area (TPSA) is 52.2 Å². The molecule has 1 aromatic carbocycles. The zero-order valence-corrected chi connectivity index (χ0v) is 20.3. The van der Waals surface area contributed by atoms with Crippen LogP contribution in [0.5, 0.6) is 0 Å². The Morgan fingerprint density at radius 2 is 1.85 bits per heavy atom. The number of nitrogens with zero attached hydrogens (tertiary/aromatic N) is 2. The molecule has 33 heavy (non-hydrogen) atoms. The maximum Gasteiger partial charge on any atom is 0.128 e. The van der Waals surface area contributed by atoms with E-state index in [2.05, 4.69) is 98.1 Å². The van der Waals surface area contributed by atoms with E-state index < -0.39 is 0 Å². The van der Waals surface area contributed by atoms with Crippen molar-refractivity contribution in [2.75, 3.05) is 37.6 Å². The Morgan fingerprint density at radius 3 is 2.55 bits per heavy atom. The number of nitrogens with one attached hydrogen (secondary N) is 3.